The largest absolute Gasteiger partial charge is 0.374 e. The summed E-state index contributed by atoms with van der Waals surface area (Å²) in [7, 11) is 0. The standard InChI is InChI=1S/C16H23FN2OS/c1-11-3-2-4-13(14(11)17)15(19-18)12-5-7-20-16(9-12)6-8-21-10-16/h2-4,12,15,19H,5-10,18H2,1H3. The lowest BCUT2D eigenvalue weighted by Crippen LogP contribution is -2.45. The molecule has 2 aliphatic rings. The molecule has 3 N–H and O–H groups in total. The number of hydrogen-bond acceptors (Lipinski definition) is 4. The molecule has 1 aromatic rings. The summed E-state index contributed by atoms with van der Waals surface area (Å²) in [5, 5.41) is 0. The van der Waals surface area contributed by atoms with Gasteiger partial charge in [-0.25, -0.2) is 4.39 Å². The van der Waals surface area contributed by atoms with Crippen LogP contribution in [0.25, 0.3) is 0 Å². The maximum absolute atomic E-state index is 14.4. The highest BCUT2D eigenvalue weighted by atomic mass is 32.2. The first-order chi connectivity index (χ1) is 10.2. The SMILES string of the molecule is Cc1cccc(C(NN)C2CCOC3(CCSC3)C2)c1F. The summed E-state index contributed by atoms with van der Waals surface area (Å²) in [4.78, 5) is 0. The number of thioether (sulfide) groups is 1. The van der Waals surface area contributed by atoms with E-state index in [1.165, 1.54) is 0 Å². The smallest absolute Gasteiger partial charge is 0.130 e. The van der Waals surface area contributed by atoms with E-state index in [-0.39, 0.29) is 17.5 Å². The number of hydrazine groups is 1. The van der Waals surface area contributed by atoms with E-state index in [0.717, 1.165) is 37.4 Å². The van der Waals surface area contributed by atoms with Crippen LogP contribution in [-0.2, 0) is 4.74 Å². The molecule has 3 atom stereocenters. The zero-order valence-corrected chi connectivity index (χ0v) is 13.2. The molecule has 116 valence electrons. The van der Waals surface area contributed by atoms with Crippen LogP contribution in [0.15, 0.2) is 18.2 Å². The van der Waals surface area contributed by atoms with E-state index in [4.69, 9.17) is 10.6 Å². The predicted molar refractivity (Wildman–Crippen MR) is 84.6 cm³/mol. The van der Waals surface area contributed by atoms with Gasteiger partial charge in [0.2, 0.25) is 0 Å². The topological polar surface area (TPSA) is 47.3 Å². The monoisotopic (exact) mass is 310 g/mol. The highest BCUT2D eigenvalue weighted by Crippen LogP contribution is 2.44. The van der Waals surface area contributed by atoms with Gasteiger partial charge in [0.05, 0.1) is 11.6 Å². The van der Waals surface area contributed by atoms with Crippen LogP contribution in [0, 0.1) is 18.7 Å². The Morgan fingerprint density at radius 2 is 2.38 bits per heavy atom. The fourth-order valence-electron chi connectivity index (χ4n) is 3.60. The lowest BCUT2D eigenvalue weighted by Gasteiger charge is -2.41. The Balaban J connectivity index is 1.84. The van der Waals surface area contributed by atoms with Gasteiger partial charge in [0.15, 0.2) is 0 Å². The molecule has 2 aliphatic heterocycles. The molecule has 5 heteroatoms. The molecular weight excluding hydrogens is 287 g/mol. The first kappa shape index (κ1) is 15.3. The van der Waals surface area contributed by atoms with Gasteiger partial charge in [-0.05, 0) is 43.4 Å². The number of benzene rings is 1. The number of nitrogens with two attached hydrogens (primary N) is 1. The van der Waals surface area contributed by atoms with Crippen LogP contribution in [0.3, 0.4) is 0 Å². The van der Waals surface area contributed by atoms with Crippen molar-refractivity contribution in [3.8, 4) is 0 Å². The van der Waals surface area contributed by atoms with Crippen LogP contribution in [0.4, 0.5) is 4.39 Å². The Labute approximate surface area is 129 Å². The van der Waals surface area contributed by atoms with Gasteiger partial charge in [-0.15, -0.1) is 0 Å². The van der Waals surface area contributed by atoms with Gasteiger partial charge in [-0.2, -0.15) is 11.8 Å². The highest BCUT2D eigenvalue weighted by Gasteiger charge is 2.43. The molecule has 3 nitrogen and oxygen atoms in total. The lowest BCUT2D eigenvalue weighted by molar-refractivity contribution is -0.0856. The zero-order chi connectivity index (χ0) is 14.9. The van der Waals surface area contributed by atoms with E-state index in [1.54, 1.807) is 13.0 Å². The van der Waals surface area contributed by atoms with E-state index >= 15 is 0 Å². The molecule has 3 unspecified atom stereocenters. The van der Waals surface area contributed by atoms with Crippen molar-refractivity contribution >= 4 is 11.8 Å². The quantitative estimate of drug-likeness (QED) is 0.666. The third-order valence-electron chi connectivity index (χ3n) is 4.81. The van der Waals surface area contributed by atoms with Crippen molar-refractivity contribution in [2.45, 2.75) is 37.8 Å². The Morgan fingerprint density at radius 1 is 1.52 bits per heavy atom. The molecular formula is C16H23FN2OS. The summed E-state index contributed by atoms with van der Waals surface area (Å²) in [5.74, 6) is 8.17. The molecule has 21 heavy (non-hydrogen) atoms. The van der Waals surface area contributed by atoms with E-state index < -0.39 is 0 Å². The van der Waals surface area contributed by atoms with Crippen LogP contribution in [-0.4, -0.2) is 23.7 Å². The number of ether oxygens (including phenoxy) is 1. The van der Waals surface area contributed by atoms with Gasteiger partial charge in [0.1, 0.15) is 5.82 Å². The minimum atomic E-state index is -0.142. The molecule has 2 heterocycles. The van der Waals surface area contributed by atoms with E-state index in [9.17, 15) is 4.39 Å². The average molecular weight is 310 g/mol. The van der Waals surface area contributed by atoms with Crippen LogP contribution in [0.5, 0.6) is 0 Å². The molecule has 0 radical (unpaired) electrons. The highest BCUT2D eigenvalue weighted by molar-refractivity contribution is 7.99. The predicted octanol–water partition coefficient (Wildman–Crippen LogP) is 2.94. The van der Waals surface area contributed by atoms with Crippen LogP contribution < -0.4 is 11.3 Å². The fourth-order valence-corrected chi connectivity index (χ4v) is 4.98. The molecule has 1 aromatic carbocycles. The third kappa shape index (κ3) is 2.97. The van der Waals surface area contributed by atoms with Crippen molar-refractivity contribution in [1.29, 1.82) is 0 Å². The van der Waals surface area contributed by atoms with Gasteiger partial charge >= 0.3 is 0 Å². The summed E-state index contributed by atoms with van der Waals surface area (Å²) >= 11 is 1.95. The van der Waals surface area contributed by atoms with Crippen molar-refractivity contribution in [1.82, 2.24) is 5.43 Å². The fraction of sp³-hybridized carbons (Fsp3) is 0.625. The molecule has 1 spiro atoms. The van der Waals surface area contributed by atoms with Gasteiger partial charge in [-0.3, -0.25) is 11.3 Å². The Hall–Kier alpha value is -0.620. The number of halogens is 1. The van der Waals surface area contributed by atoms with Crippen molar-refractivity contribution in [3.05, 3.63) is 35.1 Å². The zero-order valence-electron chi connectivity index (χ0n) is 12.4. The van der Waals surface area contributed by atoms with E-state index in [1.807, 2.05) is 23.9 Å². The first-order valence-electron chi connectivity index (χ1n) is 7.58. The van der Waals surface area contributed by atoms with Crippen LogP contribution >= 0.6 is 11.8 Å². The average Bonchev–Trinajstić information content (AvgIpc) is 2.92. The summed E-state index contributed by atoms with van der Waals surface area (Å²) in [6.45, 7) is 2.54. The molecule has 2 fully saturated rings. The van der Waals surface area contributed by atoms with Gasteiger partial charge in [0, 0.05) is 17.9 Å². The van der Waals surface area contributed by atoms with Gasteiger partial charge in [0.25, 0.3) is 0 Å². The number of nitrogens with one attached hydrogen (secondary N) is 1. The van der Waals surface area contributed by atoms with Crippen molar-refractivity contribution in [3.63, 3.8) is 0 Å². The molecule has 0 aromatic heterocycles. The summed E-state index contributed by atoms with van der Waals surface area (Å²) < 4.78 is 20.5. The van der Waals surface area contributed by atoms with Crippen LogP contribution in [0.1, 0.15) is 36.4 Å². The Morgan fingerprint density at radius 3 is 3.10 bits per heavy atom. The summed E-state index contributed by atoms with van der Waals surface area (Å²) in [6.07, 6.45) is 2.98. The van der Waals surface area contributed by atoms with E-state index in [2.05, 4.69) is 5.43 Å². The maximum atomic E-state index is 14.4. The van der Waals surface area contributed by atoms with Crippen molar-refractivity contribution in [2.75, 3.05) is 18.1 Å². The normalized spacial score (nSPS) is 30.7. The van der Waals surface area contributed by atoms with Crippen LogP contribution in [0.2, 0.25) is 0 Å². The number of rotatable bonds is 3. The lowest BCUT2D eigenvalue weighted by atomic mass is 9.79. The van der Waals surface area contributed by atoms with Gasteiger partial charge < -0.3 is 4.74 Å². The second kappa shape index (κ2) is 6.24. The maximum Gasteiger partial charge on any atom is 0.130 e. The molecule has 0 bridgehead atoms. The van der Waals surface area contributed by atoms with E-state index in [0.29, 0.717) is 17.0 Å². The molecule has 3 rings (SSSR count). The first-order valence-corrected chi connectivity index (χ1v) is 8.73. The third-order valence-corrected chi connectivity index (χ3v) is 6.03. The van der Waals surface area contributed by atoms with Crippen molar-refractivity contribution in [2.24, 2.45) is 11.8 Å². The Kier molecular flexibility index (Phi) is 4.54. The molecule has 0 aliphatic carbocycles. The molecule has 2 saturated heterocycles. The summed E-state index contributed by atoms with van der Waals surface area (Å²) in [6, 6.07) is 5.40. The van der Waals surface area contributed by atoms with Crippen molar-refractivity contribution < 1.29 is 9.13 Å². The minimum Gasteiger partial charge on any atom is -0.374 e. The second-order valence-corrected chi connectivity index (χ2v) is 7.31. The number of aryl methyl sites for hydroxylation is 1. The summed E-state index contributed by atoms with van der Waals surface area (Å²) in [5.41, 5.74) is 4.21. The minimum absolute atomic E-state index is 0.0109. The van der Waals surface area contributed by atoms with Gasteiger partial charge in [-0.1, -0.05) is 18.2 Å². The Bertz CT molecular complexity index is 505. The molecule has 0 amide bonds. The molecule has 0 saturated carbocycles. The second-order valence-electron chi connectivity index (χ2n) is 6.21. The number of hydrogen-bond donors (Lipinski definition) is 2.